The molecule has 1 aliphatic heterocycles. The van der Waals surface area contributed by atoms with Crippen LogP contribution in [0.4, 0.5) is 11.6 Å². The number of ether oxygens (including phenoxy) is 2. The summed E-state index contributed by atoms with van der Waals surface area (Å²) in [4.78, 5) is 24.1. The molecule has 2 N–H and O–H groups in total. The fraction of sp³-hybridized carbons (Fsp3) is 0.348. The van der Waals surface area contributed by atoms with Crippen LogP contribution >= 0.6 is 15.9 Å². The van der Waals surface area contributed by atoms with Gasteiger partial charge in [0, 0.05) is 60.5 Å². The van der Waals surface area contributed by atoms with Crippen LogP contribution in [0.3, 0.4) is 0 Å². The topological polar surface area (TPSA) is 100 Å². The molecule has 4 rings (SSSR count). The first-order chi connectivity index (χ1) is 16.0. The van der Waals surface area contributed by atoms with E-state index in [2.05, 4.69) is 36.1 Å². The van der Waals surface area contributed by atoms with Gasteiger partial charge in [-0.05, 0) is 24.3 Å². The molecular weight excluding hydrogens is 490 g/mol. The molecule has 0 unspecified atom stereocenters. The molecule has 1 aliphatic rings. The maximum atomic E-state index is 10.8. The van der Waals surface area contributed by atoms with Crippen molar-refractivity contribution in [1.29, 1.82) is 0 Å². The van der Waals surface area contributed by atoms with Gasteiger partial charge in [-0.15, -0.1) is 0 Å². The van der Waals surface area contributed by atoms with Gasteiger partial charge < -0.3 is 19.9 Å². The molecule has 10 heteroatoms. The molecule has 3 aromatic rings. The zero-order valence-electron chi connectivity index (χ0n) is 18.3. The fourth-order valence-electron chi connectivity index (χ4n) is 3.71. The van der Waals surface area contributed by atoms with Gasteiger partial charge in [0.2, 0.25) is 5.95 Å². The number of hydrogen-bond acceptors (Lipinski definition) is 8. The molecule has 0 radical (unpaired) electrons. The van der Waals surface area contributed by atoms with Crippen molar-refractivity contribution in [2.75, 3.05) is 58.3 Å². The van der Waals surface area contributed by atoms with Crippen LogP contribution in [0.25, 0.3) is 10.9 Å². The Labute approximate surface area is 200 Å². The summed E-state index contributed by atoms with van der Waals surface area (Å²) in [5.74, 6) is 0.972. The Bertz CT molecular complexity index is 1120. The number of fused-ring (bicyclic) bond motifs is 1. The SMILES string of the molecule is COc1cc2nc(Nc3cccc(Br)c3)ncc2cc1OCCN1CCN(CC(=O)O)CC1. The zero-order valence-corrected chi connectivity index (χ0v) is 19.9. The number of aromatic nitrogens is 2. The minimum atomic E-state index is -0.782. The highest BCUT2D eigenvalue weighted by atomic mass is 79.9. The van der Waals surface area contributed by atoms with Crippen LogP contribution in [0.15, 0.2) is 47.1 Å². The highest BCUT2D eigenvalue weighted by Crippen LogP contribution is 2.32. The Balaban J connectivity index is 1.37. The lowest BCUT2D eigenvalue weighted by atomic mass is 10.2. The number of rotatable bonds is 9. The number of carbonyl (C=O) groups is 1. The van der Waals surface area contributed by atoms with Crippen molar-refractivity contribution in [2.24, 2.45) is 0 Å². The lowest BCUT2D eigenvalue weighted by Crippen LogP contribution is -2.48. The summed E-state index contributed by atoms with van der Waals surface area (Å²) in [6.07, 6.45) is 1.76. The van der Waals surface area contributed by atoms with E-state index >= 15 is 0 Å². The molecule has 2 heterocycles. The lowest BCUT2D eigenvalue weighted by Gasteiger charge is -2.33. The number of hydrogen-bond donors (Lipinski definition) is 2. The third-order valence-electron chi connectivity index (χ3n) is 5.43. The number of nitrogens with one attached hydrogen (secondary N) is 1. The van der Waals surface area contributed by atoms with E-state index in [-0.39, 0.29) is 6.54 Å². The van der Waals surface area contributed by atoms with Gasteiger partial charge in [-0.1, -0.05) is 22.0 Å². The van der Waals surface area contributed by atoms with E-state index in [0.717, 1.165) is 53.8 Å². The number of aliphatic carboxylic acids is 1. The van der Waals surface area contributed by atoms with Crippen LogP contribution in [0.1, 0.15) is 0 Å². The normalized spacial score (nSPS) is 14.8. The van der Waals surface area contributed by atoms with E-state index in [1.54, 1.807) is 13.3 Å². The zero-order chi connectivity index (χ0) is 23.2. The quantitative estimate of drug-likeness (QED) is 0.444. The Morgan fingerprint density at radius 3 is 2.67 bits per heavy atom. The first-order valence-electron chi connectivity index (χ1n) is 10.7. The summed E-state index contributed by atoms with van der Waals surface area (Å²) in [5, 5.41) is 13.0. The van der Waals surface area contributed by atoms with Crippen LogP contribution in [-0.2, 0) is 4.79 Å². The fourth-order valence-corrected chi connectivity index (χ4v) is 4.11. The third-order valence-corrected chi connectivity index (χ3v) is 5.93. The van der Waals surface area contributed by atoms with Crippen molar-refractivity contribution in [1.82, 2.24) is 19.8 Å². The summed E-state index contributed by atoms with van der Waals surface area (Å²) in [6, 6.07) is 11.5. The minimum Gasteiger partial charge on any atom is -0.493 e. The molecular formula is C23H26BrN5O4. The van der Waals surface area contributed by atoms with Crippen molar-refractivity contribution >= 4 is 44.4 Å². The first kappa shape index (κ1) is 23.2. The van der Waals surface area contributed by atoms with Crippen molar-refractivity contribution in [2.45, 2.75) is 0 Å². The van der Waals surface area contributed by atoms with E-state index in [9.17, 15) is 4.79 Å². The molecule has 0 amide bonds. The summed E-state index contributed by atoms with van der Waals surface area (Å²) in [5.41, 5.74) is 1.64. The first-order valence-corrected chi connectivity index (χ1v) is 11.5. The van der Waals surface area contributed by atoms with Gasteiger partial charge in [0.1, 0.15) is 6.61 Å². The van der Waals surface area contributed by atoms with E-state index in [1.807, 2.05) is 41.3 Å². The molecule has 0 atom stereocenters. The number of anilines is 2. The summed E-state index contributed by atoms with van der Waals surface area (Å²) in [7, 11) is 1.61. The van der Waals surface area contributed by atoms with E-state index < -0.39 is 5.97 Å². The van der Waals surface area contributed by atoms with Crippen LogP contribution in [0.5, 0.6) is 11.5 Å². The molecule has 1 aromatic heterocycles. The number of carboxylic acids is 1. The van der Waals surface area contributed by atoms with Crippen molar-refractivity contribution < 1.29 is 19.4 Å². The monoisotopic (exact) mass is 515 g/mol. The van der Waals surface area contributed by atoms with Gasteiger partial charge >= 0.3 is 5.97 Å². The number of methoxy groups -OCH3 is 1. The molecule has 33 heavy (non-hydrogen) atoms. The van der Waals surface area contributed by atoms with Gasteiger partial charge in [-0.2, -0.15) is 0 Å². The Morgan fingerprint density at radius 2 is 1.94 bits per heavy atom. The Hall–Kier alpha value is -2.95. The number of piperazine rings is 1. The molecule has 1 saturated heterocycles. The summed E-state index contributed by atoms with van der Waals surface area (Å²) >= 11 is 3.46. The van der Waals surface area contributed by atoms with Crippen LogP contribution in [0.2, 0.25) is 0 Å². The molecule has 174 valence electrons. The average Bonchev–Trinajstić information content (AvgIpc) is 2.79. The van der Waals surface area contributed by atoms with E-state index in [0.29, 0.717) is 24.1 Å². The predicted molar refractivity (Wildman–Crippen MR) is 130 cm³/mol. The average molecular weight is 516 g/mol. The van der Waals surface area contributed by atoms with Crippen molar-refractivity contribution in [3.05, 3.63) is 47.1 Å². The summed E-state index contributed by atoms with van der Waals surface area (Å²) < 4.78 is 12.5. The second kappa shape index (κ2) is 10.8. The molecule has 0 spiro atoms. The lowest BCUT2D eigenvalue weighted by molar-refractivity contribution is -0.138. The van der Waals surface area contributed by atoms with Crippen molar-refractivity contribution in [3.63, 3.8) is 0 Å². The van der Waals surface area contributed by atoms with Gasteiger partial charge in [0.15, 0.2) is 11.5 Å². The second-order valence-corrected chi connectivity index (χ2v) is 8.67. The van der Waals surface area contributed by atoms with Gasteiger partial charge in [0.05, 0.1) is 19.2 Å². The maximum Gasteiger partial charge on any atom is 0.317 e. The van der Waals surface area contributed by atoms with Crippen LogP contribution in [-0.4, -0.2) is 83.8 Å². The standard InChI is InChI=1S/C23H26BrN5O4/c1-32-20-13-19-16(14-25-23(27-19)26-18-4-2-3-17(24)12-18)11-21(20)33-10-9-28-5-7-29(8-6-28)15-22(30)31/h2-4,11-14H,5-10,15H2,1H3,(H,30,31)(H,25,26,27). The summed E-state index contributed by atoms with van der Waals surface area (Å²) in [6.45, 7) is 4.51. The third kappa shape index (κ3) is 6.31. The van der Waals surface area contributed by atoms with Crippen LogP contribution in [0, 0.1) is 0 Å². The largest absolute Gasteiger partial charge is 0.493 e. The predicted octanol–water partition coefficient (Wildman–Crippen LogP) is 3.23. The van der Waals surface area contributed by atoms with Gasteiger partial charge in [-0.3, -0.25) is 14.6 Å². The Morgan fingerprint density at radius 1 is 1.15 bits per heavy atom. The highest BCUT2D eigenvalue weighted by molar-refractivity contribution is 9.10. The number of halogens is 1. The molecule has 2 aromatic carbocycles. The van der Waals surface area contributed by atoms with Gasteiger partial charge in [0.25, 0.3) is 0 Å². The van der Waals surface area contributed by atoms with Gasteiger partial charge in [-0.25, -0.2) is 9.97 Å². The highest BCUT2D eigenvalue weighted by Gasteiger charge is 2.18. The number of benzene rings is 2. The molecule has 1 fully saturated rings. The molecule has 0 bridgehead atoms. The maximum absolute atomic E-state index is 10.8. The molecule has 0 saturated carbocycles. The van der Waals surface area contributed by atoms with Crippen LogP contribution < -0.4 is 14.8 Å². The minimum absolute atomic E-state index is 0.0980. The molecule has 0 aliphatic carbocycles. The molecule has 9 nitrogen and oxygen atoms in total. The smallest absolute Gasteiger partial charge is 0.317 e. The Kier molecular flexibility index (Phi) is 7.58. The van der Waals surface area contributed by atoms with E-state index in [4.69, 9.17) is 14.6 Å². The number of nitrogens with zero attached hydrogens (tertiary/aromatic N) is 4. The van der Waals surface area contributed by atoms with Crippen molar-refractivity contribution in [3.8, 4) is 11.5 Å². The van der Waals surface area contributed by atoms with E-state index in [1.165, 1.54) is 0 Å². The second-order valence-electron chi connectivity index (χ2n) is 7.75. The number of carboxylic acid groups (broad SMARTS) is 1.